The second-order valence-corrected chi connectivity index (χ2v) is 2.24. The van der Waals surface area contributed by atoms with Crippen LogP contribution < -0.4 is 0 Å². The molecule has 1 saturated heterocycles. The number of carbonyl (C=O) groups excluding carboxylic acids is 1. The first-order valence-corrected chi connectivity index (χ1v) is 3.08. The number of hydrogen-bond donors (Lipinski definition) is 1. The zero-order chi connectivity index (χ0) is 6.69. The van der Waals surface area contributed by atoms with Crippen molar-refractivity contribution in [3.8, 4) is 0 Å². The Morgan fingerprint density at radius 1 is 1.44 bits per heavy atom. The van der Waals surface area contributed by atoms with Crippen LogP contribution in [0, 0.1) is 5.41 Å². The fourth-order valence-corrected chi connectivity index (χ4v) is 0.899. The summed E-state index contributed by atoms with van der Waals surface area (Å²) in [5.41, 5.74) is 0.771. The van der Waals surface area contributed by atoms with Crippen LogP contribution in [-0.4, -0.2) is 30.1 Å². The molecule has 1 heterocycles. The Balaban J connectivity index is 2.34. The van der Waals surface area contributed by atoms with Gasteiger partial charge in [-0.1, -0.05) is 0 Å². The van der Waals surface area contributed by atoms with Crippen LogP contribution in [0.3, 0.4) is 0 Å². The van der Waals surface area contributed by atoms with Crippen LogP contribution >= 0.6 is 0 Å². The van der Waals surface area contributed by atoms with Gasteiger partial charge in [0.2, 0.25) is 6.41 Å². The summed E-state index contributed by atoms with van der Waals surface area (Å²) < 4.78 is 0. The van der Waals surface area contributed by atoms with Gasteiger partial charge in [-0.2, -0.15) is 0 Å². The average molecular weight is 126 g/mol. The molecular formula is C6H10N2O. The van der Waals surface area contributed by atoms with Crippen LogP contribution in [0.4, 0.5) is 0 Å². The Labute approximate surface area is 54.2 Å². The molecule has 1 fully saturated rings. The number of rotatable bonds is 1. The average Bonchev–Trinajstić information content (AvgIpc) is 1.90. The normalized spacial score (nSPS) is 20.0. The maximum atomic E-state index is 10.1. The van der Waals surface area contributed by atoms with Gasteiger partial charge >= 0.3 is 0 Å². The van der Waals surface area contributed by atoms with Crippen LogP contribution in [0.15, 0.2) is 0 Å². The molecule has 1 aliphatic rings. The van der Waals surface area contributed by atoms with E-state index >= 15 is 0 Å². The van der Waals surface area contributed by atoms with E-state index in [0.717, 1.165) is 38.1 Å². The van der Waals surface area contributed by atoms with Crippen LogP contribution in [0.1, 0.15) is 12.8 Å². The van der Waals surface area contributed by atoms with Gasteiger partial charge in [-0.25, -0.2) is 0 Å². The molecule has 0 spiro atoms. The molecule has 3 heteroatoms. The van der Waals surface area contributed by atoms with E-state index in [9.17, 15) is 4.79 Å². The second kappa shape index (κ2) is 2.62. The molecule has 1 amide bonds. The van der Waals surface area contributed by atoms with E-state index in [0.29, 0.717) is 0 Å². The van der Waals surface area contributed by atoms with E-state index < -0.39 is 0 Å². The van der Waals surface area contributed by atoms with Crippen LogP contribution in [0.2, 0.25) is 0 Å². The highest BCUT2D eigenvalue weighted by Gasteiger charge is 2.10. The fourth-order valence-electron chi connectivity index (χ4n) is 0.899. The smallest absolute Gasteiger partial charge is 0.209 e. The van der Waals surface area contributed by atoms with E-state index in [4.69, 9.17) is 5.41 Å². The molecule has 0 saturated carbocycles. The van der Waals surface area contributed by atoms with Crippen molar-refractivity contribution in [2.75, 3.05) is 13.1 Å². The lowest BCUT2D eigenvalue weighted by Crippen LogP contribution is -2.32. The quantitative estimate of drug-likeness (QED) is 0.503. The molecule has 9 heavy (non-hydrogen) atoms. The molecule has 0 aromatic heterocycles. The van der Waals surface area contributed by atoms with E-state index in [-0.39, 0.29) is 0 Å². The summed E-state index contributed by atoms with van der Waals surface area (Å²) in [7, 11) is 0. The molecule has 1 N–H and O–H groups in total. The number of amides is 1. The van der Waals surface area contributed by atoms with E-state index in [1.165, 1.54) is 0 Å². The number of likely N-dealkylation sites (tertiary alicyclic amines) is 1. The van der Waals surface area contributed by atoms with Crippen molar-refractivity contribution in [2.45, 2.75) is 12.8 Å². The molecule has 0 atom stereocenters. The third-order valence-corrected chi connectivity index (χ3v) is 1.55. The summed E-state index contributed by atoms with van der Waals surface area (Å²) in [6.07, 6.45) is 2.38. The summed E-state index contributed by atoms with van der Waals surface area (Å²) in [6, 6.07) is 0. The summed E-state index contributed by atoms with van der Waals surface area (Å²) in [5.74, 6) is 0. The zero-order valence-corrected chi connectivity index (χ0v) is 5.26. The van der Waals surface area contributed by atoms with E-state index in [1.54, 1.807) is 4.90 Å². The lowest BCUT2D eigenvalue weighted by molar-refractivity contribution is -0.118. The standard InChI is InChI=1S/C6H10N2O/c7-6-1-3-8(5-9)4-2-6/h5,7H,1-4H2. The summed E-state index contributed by atoms with van der Waals surface area (Å²) in [4.78, 5) is 11.8. The maximum Gasteiger partial charge on any atom is 0.209 e. The van der Waals surface area contributed by atoms with Crippen molar-refractivity contribution >= 4 is 12.1 Å². The Morgan fingerprint density at radius 3 is 2.44 bits per heavy atom. The number of hydrogen-bond acceptors (Lipinski definition) is 2. The van der Waals surface area contributed by atoms with E-state index in [2.05, 4.69) is 0 Å². The van der Waals surface area contributed by atoms with Gasteiger partial charge < -0.3 is 10.3 Å². The SMILES string of the molecule is N=C1CCN(C=O)CC1. The lowest BCUT2D eigenvalue weighted by atomic mass is 10.1. The molecule has 0 bridgehead atoms. The minimum atomic E-state index is 0.738. The first-order chi connectivity index (χ1) is 4.33. The summed E-state index contributed by atoms with van der Waals surface area (Å²) >= 11 is 0. The molecule has 0 aromatic rings. The highest BCUT2D eigenvalue weighted by atomic mass is 16.1. The van der Waals surface area contributed by atoms with Crippen molar-refractivity contribution in [2.24, 2.45) is 0 Å². The molecule has 3 nitrogen and oxygen atoms in total. The minimum Gasteiger partial charge on any atom is -0.345 e. The second-order valence-electron chi connectivity index (χ2n) is 2.24. The van der Waals surface area contributed by atoms with Gasteiger partial charge in [-0.15, -0.1) is 0 Å². The maximum absolute atomic E-state index is 10.1. The first-order valence-electron chi connectivity index (χ1n) is 3.08. The summed E-state index contributed by atoms with van der Waals surface area (Å²) in [5, 5.41) is 7.21. The van der Waals surface area contributed by atoms with Crippen LogP contribution in [-0.2, 0) is 4.79 Å². The molecule has 50 valence electrons. The van der Waals surface area contributed by atoms with E-state index in [1.807, 2.05) is 0 Å². The van der Waals surface area contributed by atoms with Gasteiger partial charge in [0, 0.05) is 31.6 Å². The van der Waals surface area contributed by atoms with Crippen molar-refractivity contribution in [3.05, 3.63) is 0 Å². The lowest BCUT2D eigenvalue weighted by Gasteiger charge is -2.22. The molecule has 0 unspecified atom stereocenters. The Kier molecular flexibility index (Phi) is 1.82. The van der Waals surface area contributed by atoms with Crippen molar-refractivity contribution in [3.63, 3.8) is 0 Å². The minimum absolute atomic E-state index is 0.738. The molecule has 0 radical (unpaired) electrons. The number of piperidine rings is 1. The molecule has 1 aliphatic heterocycles. The number of nitrogens with one attached hydrogen (secondary N) is 1. The Morgan fingerprint density at radius 2 is 2.00 bits per heavy atom. The predicted molar refractivity (Wildman–Crippen MR) is 34.6 cm³/mol. The third-order valence-electron chi connectivity index (χ3n) is 1.55. The highest BCUT2D eigenvalue weighted by molar-refractivity contribution is 5.82. The monoisotopic (exact) mass is 126 g/mol. The highest BCUT2D eigenvalue weighted by Crippen LogP contribution is 2.02. The molecule has 0 aliphatic carbocycles. The third kappa shape index (κ3) is 1.52. The van der Waals surface area contributed by atoms with Gasteiger partial charge in [-0.05, 0) is 0 Å². The largest absolute Gasteiger partial charge is 0.345 e. The van der Waals surface area contributed by atoms with Crippen molar-refractivity contribution in [1.29, 1.82) is 5.41 Å². The fraction of sp³-hybridized carbons (Fsp3) is 0.667. The molecule has 0 aromatic carbocycles. The Hall–Kier alpha value is -0.860. The van der Waals surface area contributed by atoms with Crippen molar-refractivity contribution < 1.29 is 4.79 Å². The summed E-state index contributed by atoms with van der Waals surface area (Å²) in [6.45, 7) is 1.48. The van der Waals surface area contributed by atoms with Crippen molar-refractivity contribution in [1.82, 2.24) is 4.90 Å². The van der Waals surface area contributed by atoms with Gasteiger partial charge in [0.05, 0.1) is 0 Å². The van der Waals surface area contributed by atoms with Gasteiger partial charge in [0.15, 0.2) is 0 Å². The topological polar surface area (TPSA) is 44.2 Å². The van der Waals surface area contributed by atoms with Gasteiger partial charge in [0.1, 0.15) is 0 Å². The Bertz CT molecular complexity index is 123. The number of carbonyl (C=O) groups is 1. The van der Waals surface area contributed by atoms with Gasteiger partial charge in [-0.3, -0.25) is 4.79 Å². The molecule has 1 rings (SSSR count). The predicted octanol–water partition coefficient (Wildman–Crippen LogP) is 0.258. The first kappa shape index (κ1) is 6.26. The molecular weight excluding hydrogens is 116 g/mol. The zero-order valence-electron chi connectivity index (χ0n) is 5.26. The van der Waals surface area contributed by atoms with Gasteiger partial charge in [0.25, 0.3) is 0 Å². The number of nitrogens with zero attached hydrogens (tertiary/aromatic N) is 1. The van der Waals surface area contributed by atoms with Crippen LogP contribution in [0.25, 0.3) is 0 Å². The van der Waals surface area contributed by atoms with Crippen LogP contribution in [0.5, 0.6) is 0 Å².